The minimum absolute atomic E-state index is 0.00300. The quantitative estimate of drug-likeness (QED) is 0.626. The van der Waals surface area contributed by atoms with Crippen molar-refractivity contribution in [2.45, 2.75) is 19.6 Å². The number of benzene rings is 1. The summed E-state index contributed by atoms with van der Waals surface area (Å²) in [5.41, 5.74) is -0.466. The second-order valence-electron chi connectivity index (χ2n) is 3.95. The number of carbonyl (C=O) groups excluding carboxylic acids is 1. The third-order valence-corrected chi connectivity index (χ3v) is 2.63. The number of rotatable bonds is 2. The lowest BCUT2D eigenvalue weighted by Gasteiger charge is -2.10. The number of carbonyl (C=O) groups is 1. The van der Waals surface area contributed by atoms with Crippen LogP contribution in [-0.2, 0) is 6.54 Å². The number of hydrogen-bond donors (Lipinski definition) is 0. The molecule has 1 heterocycles. The Morgan fingerprint density at radius 3 is 2.58 bits per heavy atom. The van der Waals surface area contributed by atoms with Crippen LogP contribution < -0.4 is 0 Å². The summed E-state index contributed by atoms with van der Waals surface area (Å²) in [7, 11) is 0. The Hall–Kier alpha value is -1.63. The highest BCUT2D eigenvalue weighted by Crippen LogP contribution is 2.27. The van der Waals surface area contributed by atoms with Crippen molar-refractivity contribution in [1.82, 2.24) is 9.55 Å². The number of hydrogen-bond acceptors (Lipinski definition) is 2. The largest absolute Gasteiger partial charge is 0.406 e. The van der Waals surface area contributed by atoms with Crippen LogP contribution in [0.4, 0.5) is 17.6 Å². The first-order valence-corrected chi connectivity index (χ1v) is 5.50. The maximum absolute atomic E-state index is 13.7. The molecule has 0 aliphatic carbocycles. The van der Waals surface area contributed by atoms with Crippen molar-refractivity contribution in [2.75, 3.05) is 0 Å². The van der Waals surface area contributed by atoms with E-state index >= 15 is 0 Å². The van der Waals surface area contributed by atoms with E-state index in [-0.39, 0.29) is 16.1 Å². The smallest absolute Gasteiger partial charge is 0.310 e. The summed E-state index contributed by atoms with van der Waals surface area (Å²) >= 11 is 5.60. The van der Waals surface area contributed by atoms with Crippen LogP contribution in [0.5, 0.6) is 0 Å². The number of halogens is 5. The predicted octanol–water partition coefficient (Wildman–Crippen LogP) is 3.59. The molecule has 0 bridgehead atoms. The Morgan fingerprint density at radius 2 is 2.05 bits per heavy atom. The summed E-state index contributed by atoms with van der Waals surface area (Å²) in [4.78, 5) is 15.0. The zero-order valence-electron chi connectivity index (χ0n) is 9.55. The van der Waals surface area contributed by atoms with Gasteiger partial charge < -0.3 is 4.57 Å². The molecule has 8 heteroatoms. The fraction of sp³-hybridized carbons (Fsp3) is 0.273. The molecule has 0 unspecified atom stereocenters. The van der Waals surface area contributed by atoms with Gasteiger partial charge in [0.15, 0.2) is 17.4 Å². The highest BCUT2D eigenvalue weighted by atomic mass is 35.5. The van der Waals surface area contributed by atoms with Crippen molar-refractivity contribution >= 4 is 28.4 Å². The van der Waals surface area contributed by atoms with Crippen molar-refractivity contribution < 1.29 is 22.4 Å². The Bertz CT molecular complexity index is 663. The monoisotopic (exact) mass is 294 g/mol. The van der Waals surface area contributed by atoms with Gasteiger partial charge in [0.1, 0.15) is 12.1 Å². The minimum Gasteiger partial charge on any atom is -0.310 e. The average molecular weight is 295 g/mol. The number of alkyl halides is 3. The number of nitrogens with zero attached hydrogens (tertiary/aromatic N) is 2. The normalized spacial score (nSPS) is 12.1. The molecule has 0 fully saturated rings. The first kappa shape index (κ1) is 13.8. The van der Waals surface area contributed by atoms with E-state index < -0.39 is 30.1 Å². The molecule has 0 aliphatic heterocycles. The van der Waals surface area contributed by atoms with Gasteiger partial charge in [-0.15, -0.1) is 0 Å². The summed E-state index contributed by atoms with van der Waals surface area (Å²) in [6.45, 7) is -0.426. The molecule has 2 rings (SSSR count). The highest BCUT2D eigenvalue weighted by molar-refractivity contribution is 6.31. The van der Waals surface area contributed by atoms with Crippen LogP contribution >= 0.6 is 11.6 Å². The Kier molecular flexibility index (Phi) is 3.25. The predicted molar refractivity (Wildman–Crippen MR) is 60.8 cm³/mol. The summed E-state index contributed by atoms with van der Waals surface area (Å²) in [5, 5.41) is -0.00300. The van der Waals surface area contributed by atoms with E-state index in [0.717, 1.165) is 13.0 Å². The molecule has 0 saturated carbocycles. The second kappa shape index (κ2) is 4.48. The third kappa shape index (κ3) is 2.70. The summed E-state index contributed by atoms with van der Waals surface area (Å²) in [6.07, 6.45) is -4.59. The molecule has 0 saturated heterocycles. The van der Waals surface area contributed by atoms with Crippen LogP contribution in [0.15, 0.2) is 12.1 Å². The van der Waals surface area contributed by atoms with Gasteiger partial charge in [-0.05, 0) is 12.1 Å². The maximum atomic E-state index is 13.7. The first-order valence-electron chi connectivity index (χ1n) is 5.12. The molecule has 3 nitrogen and oxygen atoms in total. The number of aromatic nitrogens is 2. The molecule has 1 aromatic carbocycles. The molecule has 0 spiro atoms. The van der Waals surface area contributed by atoms with Gasteiger partial charge in [0.2, 0.25) is 0 Å². The van der Waals surface area contributed by atoms with Gasteiger partial charge in [0.05, 0.1) is 5.52 Å². The minimum atomic E-state index is -4.59. The van der Waals surface area contributed by atoms with E-state index in [9.17, 15) is 22.4 Å². The molecule has 2 aromatic rings. The van der Waals surface area contributed by atoms with Crippen LogP contribution in [0.1, 0.15) is 17.5 Å². The van der Waals surface area contributed by atoms with E-state index in [0.29, 0.717) is 4.57 Å². The fourth-order valence-corrected chi connectivity index (χ4v) is 1.99. The zero-order valence-corrected chi connectivity index (χ0v) is 10.3. The van der Waals surface area contributed by atoms with E-state index in [1.54, 1.807) is 0 Å². The summed E-state index contributed by atoms with van der Waals surface area (Å²) < 4.78 is 51.7. The lowest BCUT2D eigenvalue weighted by Crippen LogP contribution is -2.21. The molecule has 0 aliphatic rings. The lowest BCUT2D eigenvalue weighted by molar-refractivity contribution is -0.140. The summed E-state index contributed by atoms with van der Waals surface area (Å²) in [5.74, 6) is -2.09. The molecule has 0 atom stereocenters. The fourth-order valence-electron chi connectivity index (χ4n) is 1.79. The van der Waals surface area contributed by atoms with Crippen molar-refractivity contribution in [1.29, 1.82) is 0 Å². The third-order valence-electron chi connectivity index (χ3n) is 2.41. The molecule has 0 radical (unpaired) electrons. The van der Waals surface area contributed by atoms with Crippen LogP contribution in [0.2, 0.25) is 5.02 Å². The highest BCUT2D eigenvalue weighted by Gasteiger charge is 2.32. The average Bonchev–Trinajstić information content (AvgIpc) is 2.54. The van der Waals surface area contributed by atoms with Crippen molar-refractivity contribution in [3.63, 3.8) is 0 Å². The Balaban J connectivity index is 2.77. The lowest BCUT2D eigenvalue weighted by atomic mass is 10.3. The van der Waals surface area contributed by atoms with Crippen LogP contribution in [0.3, 0.4) is 0 Å². The van der Waals surface area contributed by atoms with Gasteiger partial charge in [-0.2, -0.15) is 13.2 Å². The van der Waals surface area contributed by atoms with Crippen LogP contribution in [-0.4, -0.2) is 21.5 Å². The van der Waals surface area contributed by atoms with Crippen LogP contribution in [0.25, 0.3) is 11.0 Å². The Labute approximate surface area is 109 Å². The SMILES string of the molecule is CC(=O)c1nc2cc(Cl)cc(F)c2n1CC(F)(F)F. The van der Waals surface area contributed by atoms with Gasteiger partial charge >= 0.3 is 6.18 Å². The number of fused-ring (bicyclic) bond motifs is 1. The maximum Gasteiger partial charge on any atom is 0.406 e. The van der Waals surface area contributed by atoms with Gasteiger partial charge in [-0.25, -0.2) is 9.37 Å². The van der Waals surface area contributed by atoms with E-state index in [4.69, 9.17) is 11.6 Å². The molecule has 102 valence electrons. The molecule has 1 aromatic heterocycles. The standard InChI is InChI=1S/C11H7ClF4N2O/c1-5(19)10-17-8-3-6(12)2-7(13)9(8)18(10)4-11(14,15)16/h2-3H,4H2,1H3. The topological polar surface area (TPSA) is 34.9 Å². The molecular formula is C11H7ClF4N2O. The van der Waals surface area contributed by atoms with Gasteiger partial charge in [-0.3, -0.25) is 4.79 Å². The van der Waals surface area contributed by atoms with E-state index in [2.05, 4.69) is 4.98 Å². The number of ketones is 1. The van der Waals surface area contributed by atoms with E-state index in [1.165, 1.54) is 6.07 Å². The molecule has 0 amide bonds. The van der Waals surface area contributed by atoms with Crippen molar-refractivity contribution in [3.05, 3.63) is 28.8 Å². The van der Waals surface area contributed by atoms with Crippen LogP contribution in [0, 0.1) is 5.82 Å². The number of imidazole rings is 1. The first-order chi connectivity index (χ1) is 8.69. The summed E-state index contributed by atoms with van der Waals surface area (Å²) in [6, 6.07) is 2.08. The van der Waals surface area contributed by atoms with Gasteiger partial charge in [-0.1, -0.05) is 11.6 Å². The molecular weight excluding hydrogens is 288 g/mol. The van der Waals surface area contributed by atoms with Crippen molar-refractivity contribution in [3.8, 4) is 0 Å². The number of Topliss-reactive ketones (excluding diaryl/α,β-unsaturated/α-hetero) is 1. The molecule has 19 heavy (non-hydrogen) atoms. The van der Waals surface area contributed by atoms with Gasteiger partial charge in [0, 0.05) is 11.9 Å². The second-order valence-corrected chi connectivity index (χ2v) is 4.38. The van der Waals surface area contributed by atoms with Crippen molar-refractivity contribution in [2.24, 2.45) is 0 Å². The van der Waals surface area contributed by atoms with Gasteiger partial charge in [0.25, 0.3) is 0 Å². The Morgan fingerprint density at radius 1 is 1.42 bits per heavy atom. The molecule has 0 N–H and O–H groups in total. The zero-order chi connectivity index (χ0) is 14.4. The van der Waals surface area contributed by atoms with E-state index in [1.807, 2.05) is 0 Å².